The smallest absolute Gasteiger partial charge is 0.329 e. The van der Waals surface area contributed by atoms with Gasteiger partial charge in [-0.15, -0.1) is 0 Å². The molecule has 8 heteroatoms. The quantitative estimate of drug-likeness (QED) is 0.611. The second-order valence-corrected chi connectivity index (χ2v) is 6.53. The maximum absolute atomic E-state index is 12.6. The number of carbonyl (C=O) groups is 2. The lowest BCUT2D eigenvalue weighted by Crippen LogP contribution is -2.25. The van der Waals surface area contributed by atoms with Gasteiger partial charge in [0.15, 0.2) is 0 Å². The van der Waals surface area contributed by atoms with Gasteiger partial charge in [0.05, 0.1) is 11.0 Å². The van der Waals surface area contributed by atoms with E-state index >= 15 is 0 Å². The second-order valence-electron chi connectivity index (χ2n) is 6.53. The van der Waals surface area contributed by atoms with Gasteiger partial charge in [0.25, 0.3) is 0 Å². The zero-order chi connectivity index (χ0) is 20.8. The number of nitrogens with one attached hydrogen (secondary N) is 2. The van der Waals surface area contributed by atoms with E-state index in [9.17, 15) is 14.4 Å². The number of nitrogens with zero attached hydrogens (tertiary/aromatic N) is 2. The molecular formula is C21H24N4O4. The number of benzene rings is 2. The first kappa shape index (κ1) is 20.3. The molecule has 0 spiro atoms. The molecule has 29 heavy (non-hydrogen) atoms. The highest BCUT2D eigenvalue weighted by atomic mass is 16.5. The van der Waals surface area contributed by atoms with Crippen molar-refractivity contribution in [3.8, 4) is 0 Å². The number of aryl methyl sites for hydroxylation is 2. The first-order chi connectivity index (χ1) is 14.0. The highest BCUT2D eigenvalue weighted by Crippen LogP contribution is 2.16. The summed E-state index contributed by atoms with van der Waals surface area (Å²) >= 11 is 0. The molecule has 3 rings (SSSR count). The average Bonchev–Trinajstić information content (AvgIpc) is 2.97. The molecule has 0 saturated carbocycles. The highest BCUT2D eigenvalue weighted by Gasteiger charge is 2.13. The Morgan fingerprint density at radius 1 is 0.931 bits per heavy atom. The van der Waals surface area contributed by atoms with Crippen molar-refractivity contribution in [1.82, 2.24) is 9.13 Å². The molecule has 1 heterocycles. The van der Waals surface area contributed by atoms with Gasteiger partial charge in [0, 0.05) is 38.0 Å². The number of para-hydroxylation sites is 2. The molecule has 0 saturated heterocycles. The van der Waals surface area contributed by atoms with Crippen LogP contribution in [0.2, 0.25) is 0 Å². The Morgan fingerprint density at radius 3 is 2.17 bits per heavy atom. The number of amides is 2. The summed E-state index contributed by atoms with van der Waals surface area (Å²) in [5.74, 6) is -0.492. The minimum absolute atomic E-state index is 0.0449. The van der Waals surface area contributed by atoms with Crippen molar-refractivity contribution in [1.29, 1.82) is 0 Å². The van der Waals surface area contributed by atoms with E-state index in [2.05, 4.69) is 10.6 Å². The maximum atomic E-state index is 12.6. The molecule has 0 fully saturated rings. The molecule has 2 aromatic carbocycles. The Hall–Kier alpha value is -3.39. The van der Waals surface area contributed by atoms with Gasteiger partial charge in [-0.2, -0.15) is 0 Å². The molecule has 0 aliphatic heterocycles. The van der Waals surface area contributed by atoms with E-state index in [1.165, 1.54) is 7.11 Å². The topological polar surface area (TPSA) is 94.4 Å². The minimum atomic E-state index is -0.275. The third-order valence-electron chi connectivity index (χ3n) is 4.51. The van der Waals surface area contributed by atoms with Gasteiger partial charge in [-0.3, -0.25) is 18.7 Å². The summed E-state index contributed by atoms with van der Waals surface area (Å²) in [6.07, 6.45) is 0.151. The molecule has 0 unspecified atom stereocenters. The maximum Gasteiger partial charge on any atom is 0.329 e. The number of methoxy groups -OCH3 is 1. The van der Waals surface area contributed by atoms with Gasteiger partial charge in [0.2, 0.25) is 11.8 Å². The standard InChI is InChI=1S/C21H24N4O4/c1-3-24-17-9-4-5-10-18(17)25(21(24)28)12-11-19(26)22-15-7-6-8-16(13-15)23-20(27)14-29-2/h4-10,13H,3,11-12,14H2,1-2H3,(H,22,26)(H,23,27). The zero-order valence-electron chi connectivity index (χ0n) is 16.5. The number of imidazole rings is 1. The predicted molar refractivity (Wildman–Crippen MR) is 112 cm³/mol. The molecule has 0 aliphatic rings. The van der Waals surface area contributed by atoms with Crippen molar-refractivity contribution in [2.75, 3.05) is 24.4 Å². The van der Waals surface area contributed by atoms with E-state index in [1.54, 1.807) is 33.4 Å². The van der Waals surface area contributed by atoms with E-state index in [4.69, 9.17) is 4.74 Å². The van der Waals surface area contributed by atoms with Crippen LogP contribution in [0.3, 0.4) is 0 Å². The fraction of sp³-hybridized carbons (Fsp3) is 0.286. The molecule has 8 nitrogen and oxygen atoms in total. The Morgan fingerprint density at radius 2 is 1.55 bits per heavy atom. The van der Waals surface area contributed by atoms with E-state index in [0.717, 1.165) is 11.0 Å². The molecule has 2 amide bonds. The Kier molecular flexibility index (Phi) is 6.46. The molecular weight excluding hydrogens is 372 g/mol. The first-order valence-corrected chi connectivity index (χ1v) is 9.40. The largest absolute Gasteiger partial charge is 0.375 e. The van der Waals surface area contributed by atoms with Gasteiger partial charge in [-0.05, 0) is 37.3 Å². The van der Waals surface area contributed by atoms with Gasteiger partial charge in [-0.25, -0.2) is 4.79 Å². The number of fused-ring (bicyclic) bond motifs is 1. The van der Waals surface area contributed by atoms with Crippen LogP contribution in [0.5, 0.6) is 0 Å². The van der Waals surface area contributed by atoms with Crippen molar-refractivity contribution in [3.05, 3.63) is 59.0 Å². The van der Waals surface area contributed by atoms with E-state index in [-0.39, 0.29) is 37.1 Å². The molecule has 3 aromatic rings. The number of ether oxygens (including phenoxy) is 1. The predicted octanol–water partition coefficient (Wildman–Crippen LogP) is 2.44. The van der Waals surface area contributed by atoms with Crippen molar-refractivity contribution < 1.29 is 14.3 Å². The second kappa shape index (κ2) is 9.20. The van der Waals surface area contributed by atoms with Crippen molar-refractivity contribution in [3.63, 3.8) is 0 Å². The number of aromatic nitrogens is 2. The summed E-state index contributed by atoms with van der Waals surface area (Å²) in [4.78, 5) is 36.7. The molecule has 152 valence electrons. The Bertz CT molecular complexity index is 1080. The zero-order valence-corrected chi connectivity index (χ0v) is 16.5. The summed E-state index contributed by atoms with van der Waals surface area (Å²) in [6.45, 7) is 2.72. The third-order valence-corrected chi connectivity index (χ3v) is 4.51. The van der Waals surface area contributed by atoms with Gasteiger partial charge >= 0.3 is 5.69 Å². The summed E-state index contributed by atoms with van der Waals surface area (Å²) in [5, 5.41) is 5.49. The Balaban J connectivity index is 1.67. The normalized spacial score (nSPS) is 10.8. The Labute approximate surface area is 168 Å². The first-order valence-electron chi connectivity index (χ1n) is 9.40. The minimum Gasteiger partial charge on any atom is -0.375 e. The number of hydrogen-bond donors (Lipinski definition) is 2. The molecule has 0 bridgehead atoms. The summed E-state index contributed by atoms with van der Waals surface area (Å²) < 4.78 is 8.10. The van der Waals surface area contributed by atoms with Gasteiger partial charge in [0.1, 0.15) is 6.61 Å². The molecule has 0 radical (unpaired) electrons. The molecule has 1 aromatic heterocycles. The van der Waals surface area contributed by atoms with Crippen molar-refractivity contribution in [2.24, 2.45) is 0 Å². The van der Waals surface area contributed by atoms with Crippen LogP contribution in [0.25, 0.3) is 11.0 Å². The number of rotatable bonds is 8. The summed E-state index contributed by atoms with van der Waals surface area (Å²) in [7, 11) is 1.44. The van der Waals surface area contributed by atoms with E-state index < -0.39 is 0 Å². The highest BCUT2D eigenvalue weighted by molar-refractivity contribution is 5.94. The van der Waals surface area contributed by atoms with Gasteiger partial charge < -0.3 is 15.4 Å². The summed E-state index contributed by atoms with van der Waals surface area (Å²) in [5.41, 5.74) is 2.68. The molecule has 0 aliphatic carbocycles. The fourth-order valence-electron chi connectivity index (χ4n) is 3.23. The van der Waals surface area contributed by atoms with Crippen molar-refractivity contribution in [2.45, 2.75) is 26.4 Å². The van der Waals surface area contributed by atoms with Gasteiger partial charge in [-0.1, -0.05) is 18.2 Å². The lowest BCUT2D eigenvalue weighted by Gasteiger charge is -2.09. The van der Waals surface area contributed by atoms with Crippen LogP contribution < -0.4 is 16.3 Å². The van der Waals surface area contributed by atoms with E-state index in [0.29, 0.717) is 17.9 Å². The van der Waals surface area contributed by atoms with Crippen LogP contribution in [-0.4, -0.2) is 34.7 Å². The fourth-order valence-corrected chi connectivity index (χ4v) is 3.23. The van der Waals surface area contributed by atoms with Crippen LogP contribution in [-0.2, 0) is 27.4 Å². The lowest BCUT2D eigenvalue weighted by molar-refractivity contribution is -0.119. The van der Waals surface area contributed by atoms with Crippen LogP contribution >= 0.6 is 0 Å². The van der Waals surface area contributed by atoms with Crippen LogP contribution in [0.4, 0.5) is 11.4 Å². The van der Waals surface area contributed by atoms with Crippen molar-refractivity contribution >= 4 is 34.2 Å². The van der Waals surface area contributed by atoms with Crippen LogP contribution in [0, 0.1) is 0 Å². The average molecular weight is 396 g/mol. The van der Waals surface area contributed by atoms with Crippen LogP contribution in [0.15, 0.2) is 53.3 Å². The molecule has 0 atom stereocenters. The number of hydrogen-bond acceptors (Lipinski definition) is 4. The molecule has 2 N–H and O–H groups in total. The summed E-state index contributed by atoms with van der Waals surface area (Å²) in [6, 6.07) is 14.4. The monoisotopic (exact) mass is 396 g/mol. The third kappa shape index (κ3) is 4.72. The van der Waals surface area contributed by atoms with E-state index in [1.807, 2.05) is 31.2 Å². The SMILES string of the molecule is CCn1c(=O)n(CCC(=O)Nc2cccc(NC(=O)COC)c2)c2ccccc21. The lowest BCUT2D eigenvalue weighted by atomic mass is 10.2. The number of anilines is 2. The number of carbonyl (C=O) groups excluding carboxylic acids is 2. The van der Waals surface area contributed by atoms with Crippen LogP contribution in [0.1, 0.15) is 13.3 Å².